The second-order valence-corrected chi connectivity index (χ2v) is 5.53. The van der Waals surface area contributed by atoms with Gasteiger partial charge in [0.1, 0.15) is 5.82 Å². The quantitative estimate of drug-likeness (QED) is 0.904. The first-order valence-corrected chi connectivity index (χ1v) is 6.60. The van der Waals surface area contributed by atoms with Gasteiger partial charge in [-0.3, -0.25) is 4.79 Å². The zero-order valence-electron chi connectivity index (χ0n) is 11.3. The number of hydrogen-bond donors (Lipinski definition) is 1. The number of carbonyl (C=O) groups is 1. The summed E-state index contributed by atoms with van der Waals surface area (Å²) in [5.74, 6) is -0.496. The average Bonchev–Trinajstić information content (AvgIpc) is 2.39. The van der Waals surface area contributed by atoms with Gasteiger partial charge in [-0.05, 0) is 55.8 Å². The fraction of sp³-hybridized carbons (Fsp3) is 0.188. The minimum Gasteiger partial charge on any atom is -0.343 e. The largest absolute Gasteiger partial charge is 0.343 e. The number of carbonyl (C=O) groups excluding carboxylic acids is 1. The smallest absolute Gasteiger partial charge is 0.251 e. The van der Waals surface area contributed by atoms with Crippen LogP contribution < -0.4 is 5.32 Å². The molecule has 2 rings (SSSR count). The van der Waals surface area contributed by atoms with Gasteiger partial charge >= 0.3 is 0 Å². The number of rotatable bonds is 3. The first-order chi connectivity index (χ1) is 9.38. The number of nitrogens with one attached hydrogen (secondary N) is 1. The fourth-order valence-electron chi connectivity index (χ4n) is 1.90. The molecule has 4 heteroatoms. The minimum absolute atomic E-state index is 0.198. The van der Waals surface area contributed by atoms with E-state index in [1.165, 1.54) is 12.1 Å². The van der Waals surface area contributed by atoms with Gasteiger partial charge in [0, 0.05) is 10.6 Å². The maximum absolute atomic E-state index is 12.9. The van der Waals surface area contributed by atoms with Gasteiger partial charge < -0.3 is 5.32 Å². The summed E-state index contributed by atoms with van der Waals surface area (Å²) in [7, 11) is 0. The lowest BCUT2D eigenvalue weighted by Gasteiger charge is -2.27. The highest BCUT2D eigenvalue weighted by molar-refractivity contribution is 6.30. The SMILES string of the molecule is CC(C)(NC(=O)c1ccc(Cl)cc1)c1ccc(F)cc1. The molecule has 1 N–H and O–H groups in total. The molecule has 0 fully saturated rings. The van der Waals surface area contributed by atoms with E-state index in [4.69, 9.17) is 11.6 Å². The molecular formula is C16H15ClFNO. The van der Waals surface area contributed by atoms with E-state index in [2.05, 4.69) is 5.32 Å². The fourth-order valence-corrected chi connectivity index (χ4v) is 2.02. The van der Waals surface area contributed by atoms with Crippen molar-refractivity contribution < 1.29 is 9.18 Å². The van der Waals surface area contributed by atoms with Gasteiger partial charge in [0.25, 0.3) is 5.91 Å². The Hall–Kier alpha value is -1.87. The van der Waals surface area contributed by atoms with Crippen molar-refractivity contribution in [2.45, 2.75) is 19.4 Å². The van der Waals surface area contributed by atoms with Gasteiger partial charge in [0.15, 0.2) is 0 Å². The molecule has 0 saturated carbocycles. The molecular weight excluding hydrogens is 277 g/mol. The molecule has 2 aromatic rings. The van der Waals surface area contributed by atoms with Crippen LogP contribution in [0.15, 0.2) is 48.5 Å². The Morgan fingerprint density at radius 3 is 2.15 bits per heavy atom. The third-order valence-electron chi connectivity index (χ3n) is 3.10. The molecule has 2 nitrogen and oxygen atoms in total. The highest BCUT2D eigenvalue weighted by Crippen LogP contribution is 2.21. The summed E-state index contributed by atoms with van der Waals surface area (Å²) in [5, 5.41) is 3.51. The highest BCUT2D eigenvalue weighted by atomic mass is 35.5. The van der Waals surface area contributed by atoms with Crippen LogP contribution in [0.2, 0.25) is 5.02 Å². The molecule has 0 spiro atoms. The van der Waals surface area contributed by atoms with Gasteiger partial charge in [-0.2, -0.15) is 0 Å². The first kappa shape index (κ1) is 14.5. The van der Waals surface area contributed by atoms with Crippen LogP contribution in [0.1, 0.15) is 29.8 Å². The van der Waals surface area contributed by atoms with Crippen LogP contribution >= 0.6 is 11.6 Å². The van der Waals surface area contributed by atoms with E-state index in [0.717, 1.165) is 5.56 Å². The van der Waals surface area contributed by atoms with Crippen LogP contribution in [0, 0.1) is 5.82 Å². The van der Waals surface area contributed by atoms with Gasteiger partial charge in [0.05, 0.1) is 5.54 Å². The summed E-state index contributed by atoms with van der Waals surface area (Å²) < 4.78 is 12.9. The van der Waals surface area contributed by atoms with E-state index in [-0.39, 0.29) is 11.7 Å². The van der Waals surface area contributed by atoms with Crippen LogP contribution in [-0.4, -0.2) is 5.91 Å². The molecule has 2 aromatic carbocycles. The predicted octanol–water partition coefficient (Wildman–Crippen LogP) is 4.14. The van der Waals surface area contributed by atoms with Gasteiger partial charge in [0.2, 0.25) is 0 Å². The van der Waals surface area contributed by atoms with Gasteiger partial charge in [-0.25, -0.2) is 4.39 Å². The van der Waals surface area contributed by atoms with E-state index in [1.807, 2.05) is 13.8 Å². The van der Waals surface area contributed by atoms with E-state index in [1.54, 1.807) is 36.4 Å². The molecule has 0 unspecified atom stereocenters. The summed E-state index contributed by atoms with van der Waals surface area (Å²) >= 11 is 5.79. The summed E-state index contributed by atoms with van der Waals surface area (Å²) in [5.41, 5.74) is 0.774. The predicted molar refractivity (Wildman–Crippen MR) is 78.3 cm³/mol. The highest BCUT2D eigenvalue weighted by Gasteiger charge is 2.23. The molecule has 0 heterocycles. The zero-order chi connectivity index (χ0) is 14.8. The van der Waals surface area contributed by atoms with E-state index >= 15 is 0 Å². The lowest BCUT2D eigenvalue weighted by Crippen LogP contribution is -2.40. The Balaban J connectivity index is 2.17. The maximum Gasteiger partial charge on any atom is 0.251 e. The van der Waals surface area contributed by atoms with Crippen LogP contribution in [0.3, 0.4) is 0 Å². The number of benzene rings is 2. The lowest BCUT2D eigenvalue weighted by atomic mass is 9.94. The average molecular weight is 292 g/mol. The molecule has 0 atom stereocenters. The molecule has 104 valence electrons. The summed E-state index contributed by atoms with van der Waals surface area (Å²) in [6.45, 7) is 3.74. The molecule has 0 aliphatic rings. The van der Waals surface area contributed by atoms with Crippen LogP contribution in [-0.2, 0) is 5.54 Å². The third-order valence-corrected chi connectivity index (χ3v) is 3.35. The molecule has 0 aromatic heterocycles. The van der Waals surface area contributed by atoms with E-state index in [9.17, 15) is 9.18 Å². The van der Waals surface area contributed by atoms with Gasteiger partial charge in [-0.1, -0.05) is 23.7 Å². The molecule has 0 bridgehead atoms. The van der Waals surface area contributed by atoms with Crippen LogP contribution in [0.4, 0.5) is 4.39 Å². The van der Waals surface area contributed by atoms with Crippen LogP contribution in [0.5, 0.6) is 0 Å². The maximum atomic E-state index is 12.9. The standard InChI is InChI=1S/C16H15ClFNO/c1-16(2,12-5-9-14(18)10-6-12)19-15(20)11-3-7-13(17)8-4-11/h3-10H,1-2H3,(H,19,20). The Kier molecular flexibility index (Phi) is 4.09. The lowest BCUT2D eigenvalue weighted by molar-refractivity contribution is 0.0912. The van der Waals surface area contributed by atoms with Crippen molar-refractivity contribution in [1.29, 1.82) is 0 Å². The first-order valence-electron chi connectivity index (χ1n) is 6.22. The summed E-state index contributed by atoms with van der Waals surface area (Å²) in [4.78, 5) is 12.2. The van der Waals surface area contributed by atoms with Gasteiger partial charge in [-0.15, -0.1) is 0 Å². The van der Waals surface area contributed by atoms with Crippen molar-refractivity contribution in [2.75, 3.05) is 0 Å². The zero-order valence-corrected chi connectivity index (χ0v) is 12.0. The number of amides is 1. The third kappa shape index (κ3) is 3.36. The Bertz CT molecular complexity index is 605. The molecule has 0 saturated heterocycles. The van der Waals surface area contributed by atoms with Crippen molar-refractivity contribution in [2.24, 2.45) is 0 Å². The Labute approximate surface area is 122 Å². The molecule has 0 radical (unpaired) electrons. The summed E-state index contributed by atoms with van der Waals surface area (Å²) in [6.07, 6.45) is 0. The van der Waals surface area contributed by atoms with Crippen molar-refractivity contribution in [3.05, 3.63) is 70.5 Å². The normalized spacial score (nSPS) is 11.2. The monoisotopic (exact) mass is 291 g/mol. The van der Waals surface area contributed by atoms with Crippen LogP contribution in [0.25, 0.3) is 0 Å². The van der Waals surface area contributed by atoms with Crippen molar-refractivity contribution in [3.63, 3.8) is 0 Å². The molecule has 0 aliphatic carbocycles. The minimum atomic E-state index is -0.593. The second-order valence-electron chi connectivity index (χ2n) is 5.09. The molecule has 0 aliphatic heterocycles. The number of halogens is 2. The number of hydrogen-bond acceptors (Lipinski definition) is 1. The summed E-state index contributed by atoms with van der Waals surface area (Å²) in [6, 6.07) is 12.8. The Morgan fingerprint density at radius 2 is 1.60 bits per heavy atom. The van der Waals surface area contributed by atoms with Crippen molar-refractivity contribution in [3.8, 4) is 0 Å². The van der Waals surface area contributed by atoms with Crippen molar-refractivity contribution in [1.82, 2.24) is 5.32 Å². The van der Waals surface area contributed by atoms with E-state index < -0.39 is 5.54 Å². The molecule has 1 amide bonds. The second kappa shape index (κ2) is 5.63. The molecule has 20 heavy (non-hydrogen) atoms. The Morgan fingerprint density at radius 1 is 1.05 bits per heavy atom. The van der Waals surface area contributed by atoms with Crippen molar-refractivity contribution >= 4 is 17.5 Å². The topological polar surface area (TPSA) is 29.1 Å². The van der Waals surface area contributed by atoms with E-state index in [0.29, 0.717) is 10.6 Å².